The number of nitrogen functional groups attached to an aromatic ring is 1. The Morgan fingerprint density at radius 3 is 3.15 bits per heavy atom. The maximum Gasteiger partial charge on any atom is 0.197 e. The van der Waals surface area contributed by atoms with E-state index in [-0.39, 0.29) is 0 Å². The second-order valence-corrected chi connectivity index (χ2v) is 4.63. The van der Waals surface area contributed by atoms with E-state index in [2.05, 4.69) is 15.1 Å². The SMILES string of the molecule is Nc1ncccc1-c1cc(CN2C=CC=NC2Cl)no1. The lowest BCUT2D eigenvalue weighted by Crippen LogP contribution is -2.26. The summed E-state index contributed by atoms with van der Waals surface area (Å²) in [6.07, 6.45) is 6.97. The molecule has 1 atom stereocenters. The fourth-order valence-corrected chi connectivity index (χ4v) is 2.08. The normalized spacial score (nSPS) is 17.6. The summed E-state index contributed by atoms with van der Waals surface area (Å²) in [6.45, 7) is 0.506. The first-order valence-corrected chi connectivity index (χ1v) is 6.44. The molecule has 0 radical (unpaired) electrons. The number of aliphatic imine (C=N–C) groups is 1. The summed E-state index contributed by atoms with van der Waals surface area (Å²) < 4.78 is 5.31. The van der Waals surface area contributed by atoms with Crippen molar-refractivity contribution in [2.45, 2.75) is 12.2 Å². The van der Waals surface area contributed by atoms with Gasteiger partial charge in [0.05, 0.1) is 12.1 Å². The Morgan fingerprint density at radius 2 is 2.35 bits per heavy atom. The van der Waals surface area contributed by atoms with E-state index in [4.69, 9.17) is 21.9 Å². The van der Waals surface area contributed by atoms with Crippen molar-refractivity contribution < 1.29 is 4.52 Å². The minimum Gasteiger partial charge on any atom is -0.383 e. The fourth-order valence-electron chi connectivity index (χ4n) is 1.88. The van der Waals surface area contributed by atoms with E-state index >= 15 is 0 Å². The van der Waals surface area contributed by atoms with Gasteiger partial charge in [-0.15, -0.1) is 0 Å². The summed E-state index contributed by atoms with van der Waals surface area (Å²) in [5, 5.41) is 4.02. The van der Waals surface area contributed by atoms with Gasteiger partial charge in [0, 0.05) is 24.7 Å². The van der Waals surface area contributed by atoms with Gasteiger partial charge in [-0.2, -0.15) is 0 Å². The molecule has 3 heterocycles. The zero-order valence-electron chi connectivity index (χ0n) is 10.5. The lowest BCUT2D eigenvalue weighted by Gasteiger charge is -2.23. The molecule has 3 rings (SSSR count). The van der Waals surface area contributed by atoms with E-state index in [1.54, 1.807) is 18.5 Å². The summed E-state index contributed by atoms with van der Waals surface area (Å²) in [6, 6.07) is 5.45. The highest BCUT2D eigenvalue weighted by Gasteiger charge is 2.16. The summed E-state index contributed by atoms with van der Waals surface area (Å²) in [7, 11) is 0. The number of anilines is 1. The number of nitrogens with two attached hydrogens (primary N) is 1. The predicted molar refractivity (Wildman–Crippen MR) is 77.0 cm³/mol. The van der Waals surface area contributed by atoms with Gasteiger partial charge in [-0.05, 0) is 18.2 Å². The van der Waals surface area contributed by atoms with Crippen LogP contribution in [-0.4, -0.2) is 26.9 Å². The van der Waals surface area contributed by atoms with Gasteiger partial charge in [0.2, 0.25) is 0 Å². The lowest BCUT2D eigenvalue weighted by molar-refractivity contribution is 0.327. The maximum atomic E-state index is 6.07. The third-order valence-electron chi connectivity index (χ3n) is 2.85. The predicted octanol–water partition coefficient (Wildman–Crippen LogP) is 2.24. The quantitative estimate of drug-likeness (QED) is 0.692. The second kappa shape index (κ2) is 5.34. The number of hydrogen-bond donors (Lipinski definition) is 1. The van der Waals surface area contributed by atoms with E-state index in [1.165, 1.54) is 0 Å². The van der Waals surface area contributed by atoms with E-state index in [9.17, 15) is 0 Å². The molecule has 2 aromatic rings. The van der Waals surface area contributed by atoms with Crippen LogP contribution in [-0.2, 0) is 6.54 Å². The van der Waals surface area contributed by atoms with Gasteiger partial charge in [0.15, 0.2) is 11.4 Å². The number of allylic oxidation sites excluding steroid dienone is 1. The molecule has 2 aromatic heterocycles. The van der Waals surface area contributed by atoms with Crippen molar-refractivity contribution in [3.8, 4) is 11.3 Å². The van der Waals surface area contributed by atoms with Crippen LogP contribution in [0, 0.1) is 0 Å². The highest BCUT2D eigenvalue weighted by atomic mass is 35.5. The van der Waals surface area contributed by atoms with Crippen LogP contribution in [0.25, 0.3) is 11.3 Å². The van der Waals surface area contributed by atoms with Gasteiger partial charge in [0.1, 0.15) is 11.5 Å². The Labute approximate surface area is 120 Å². The van der Waals surface area contributed by atoms with E-state index in [0.29, 0.717) is 18.1 Å². The van der Waals surface area contributed by atoms with Gasteiger partial charge in [-0.1, -0.05) is 16.8 Å². The highest BCUT2D eigenvalue weighted by molar-refractivity contribution is 6.20. The van der Waals surface area contributed by atoms with Gasteiger partial charge in [-0.25, -0.2) is 4.98 Å². The van der Waals surface area contributed by atoms with Crippen LogP contribution in [0.3, 0.4) is 0 Å². The highest BCUT2D eigenvalue weighted by Crippen LogP contribution is 2.25. The zero-order chi connectivity index (χ0) is 13.9. The van der Waals surface area contributed by atoms with Crippen molar-refractivity contribution in [2.75, 3.05) is 5.73 Å². The number of halogens is 1. The number of pyridine rings is 1. The van der Waals surface area contributed by atoms with Crippen LogP contribution in [0.4, 0.5) is 5.82 Å². The minimum atomic E-state index is -0.427. The van der Waals surface area contributed by atoms with Crippen LogP contribution in [0.5, 0.6) is 0 Å². The van der Waals surface area contributed by atoms with Crippen molar-refractivity contribution in [3.63, 3.8) is 0 Å². The maximum absolute atomic E-state index is 6.07. The molecule has 0 spiro atoms. The van der Waals surface area contributed by atoms with Crippen LogP contribution >= 0.6 is 11.6 Å². The van der Waals surface area contributed by atoms with E-state index in [0.717, 1.165) is 11.3 Å². The van der Waals surface area contributed by atoms with E-state index < -0.39 is 5.62 Å². The molecular weight excluding hydrogens is 278 g/mol. The molecule has 0 aromatic carbocycles. The van der Waals surface area contributed by atoms with Crippen molar-refractivity contribution in [1.29, 1.82) is 0 Å². The second-order valence-electron chi connectivity index (χ2n) is 4.24. The molecule has 1 aliphatic heterocycles. The topological polar surface area (TPSA) is 80.5 Å². The third kappa shape index (κ3) is 2.50. The van der Waals surface area contributed by atoms with Gasteiger partial charge in [-0.3, -0.25) is 4.99 Å². The van der Waals surface area contributed by atoms with Crippen molar-refractivity contribution in [1.82, 2.24) is 15.0 Å². The number of nitrogens with zero attached hydrogens (tertiary/aromatic N) is 4. The molecule has 1 unspecified atom stereocenters. The number of alkyl halides is 1. The number of rotatable bonds is 3. The molecule has 0 bridgehead atoms. The minimum absolute atomic E-state index is 0.410. The molecule has 102 valence electrons. The summed E-state index contributed by atoms with van der Waals surface area (Å²) >= 11 is 6.07. The van der Waals surface area contributed by atoms with Crippen LogP contribution in [0.2, 0.25) is 0 Å². The molecule has 6 nitrogen and oxygen atoms in total. The van der Waals surface area contributed by atoms with Crippen molar-refractivity contribution in [3.05, 3.63) is 42.4 Å². The lowest BCUT2D eigenvalue weighted by atomic mass is 10.2. The fraction of sp³-hybridized carbons (Fsp3) is 0.154. The average Bonchev–Trinajstić information content (AvgIpc) is 2.90. The molecule has 0 aliphatic carbocycles. The largest absolute Gasteiger partial charge is 0.383 e. The smallest absolute Gasteiger partial charge is 0.197 e. The molecule has 0 saturated heterocycles. The summed E-state index contributed by atoms with van der Waals surface area (Å²) in [5.74, 6) is 0.995. The Hall–Kier alpha value is -2.34. The van der Waals surface area contributed by atoms with Crippen molar-refractivity contribution in [2.24, 2.45) is 4.99 Å². The Morgan fingerprint density at radius 1 is 1.45 bits per heavy atom. The first-order valence-electron chi connectivity index (χ1n) is 6.00. The molecule has 7 heteroatoms. The van der Waals surface area contributed by atoms with Gasteiger partial charge in [0.25, 0.3) is 0 Å². The van der Waals surface area contributed by atoms with Crippen LogP contribution < -0.4 is 5.73 Å². The van der Waals surface area contributed by atoms with Crippen molar-refractivity contribution >= 4 is 23.6 Å². The zero-order valence-corrected chi connectivity index (χ0v) is 11.2. The van der Waals surface area contributed by atoms with Gasteiger partial charge >= 0.3 is 0 Å². The summed E-state index contributed by atoms with van der Waals surface area (Å²) in [5.41, 5.74) is 6.85. The molecule has 2 N–H and O–H groups in total. The first-order chi connectivity index (χ1) is 9.74. The van der Waals surface area contributed by atoms with E-state index in [1.807, 2.05) is 29.3 Å². The summed E-state index contributed by atoms with van der Waals surface area (Å²) in [4.78, 5) is 9.94. The number of aromatic nitrogens is 2. The number of hydrogen-bond acceptors (Lipinski definition) is 6. The molecule has 0 fully saturated rings. The molecule has 20 heavy (non-hydrogen) atoms. The van der Waals surface area contributed by atoms with Gasteiger partial charge < -0.3 is 15.2 Å². The van der Waals surface area contributed by atoms with Crippen LogP contribution in [0.15, 0.2) is 46.2 Å². The monoisotopic (exact) mass is 289 g/mol. The molecular formula is C13H12ClN5O. The Bertz CT molecular complexity index is 666. The average molecular weight is 290 g/mol. The third-order valence-corrected chi connectivity index (χ3v) is 3.22. The molecule has 1 aliphatic rings. The van der Waals surface area contributed by atoms with Crippen LogP contribution in [0.1, 0.15) is 5.69 Å². The molecule has 0 saturated carbocycles. The Kier molecular flexibility index (Phi) is 3.39. The standard InChI is InChI=1S/C13H12ClN5O/c14-13-17-5-2-6-19(13)8-9-7-11(20-18-9)10-3-1-4-16-12(10)15/h1-7,13H,8H2,(H2,15,16). The Balaban J connectivity index is 1.79. The first kappa shape index (κ1) is 12.7. The molecule has 0 amide bonds.